The molecule has 0 bridgehead atoms. The summed E-state index contributed by atoms with van der Waals surface area (Å²) in [6.07, 6.45) is 0. The predicted molar refractivity (Wildman–Crippen MR) is 103 cm³/mol. The molecule has 122 valence electrons. The van der Waals surface area contributed by atoms with Crippen molar-refractivity contribution in [2.75, 3.05) is 14.2 Å². The van der Waals surface area contributed by atoms with E-state index < -0.39 is 0 Å². The molecule has 3 rings (SSSR count). The summed E-state index contributed by atoms with van der Waals surface area (Å²) in [4.78, 5) is 0. The van der Waals surface area contributed by atoms with Gasteiger partial charge in [0.2, 0.25) is 0 Å². The number of ether oxygens (including phenoxy) is 2. The van der Waals surface area contributed by atoms with Crippen LogP contribution >= 0.6 is 22.6 Å². The topological polar surface area (TPSA) is 18.5 Å². The summed E-state index contributed by atoms with van der Waals surface area (Å²) in [6, 6.07) is 18.8. The third-order valence-electron chi connectivity index (χ3n) is 3.88. The number of benzene rings is 3. The average Bonchev–Trinajstić information content (AvgIpc) is 2.64. The Kier molecular flexibility index (Phi) is 5.04. The summed E-state index contributed by atoms with van der Waals surface area (Å²) in [5.74, 6) is 1.32. The predicted octanol–water partition coefficient (Wildman–Crippen LogP) is 5.78. The van der Waals surface area contributed by atoms with Crippen molar-refractivity contribution >= 4 is 22.6 Å². The van der Waals surface area contributed by atoms with Gasteiger partial charge in [-0.05, 0) is 63.5 Å². The Balaban J connectivity index is 2.01. The van der Waals surface area contributed by atoms with E-state index in [4.69, 9.17) is 9.47 Å². The van der Waals surface area contributed by atoms with Crippen molar-refractivity contribution in [1.82, 2.24) is 0 Å². The molecular formula is C20H16FIO2. The molecule has 0 aromatic heterocycles. The lowest BCUT2D eigenvalue weighted by atomic mass is 9.99. The standard InChI is InChI=1S/C20H16FIO2/c1-23-15-7-3-13(4-8-15)17-11-12-18(20(22)19(17)21)14-5-9-16(24-2)10-6-14/h3-12H,1-2H3. The van der Waals surface area contributed by atoms with Crippen LogP contribution in [0.25, 0.3) is 22.3 Å². The molecule has 0 saturated heterocycles. The monoisotopic (exact) mass is 434 g/mol. The van der Waals surface area contributed by atoms with E-state index in [1.807, 2.05) is 60.7 Å². The van der Waals surface area contributed by atoms with E-state index in [0.29, 0.717) is 9.13 Å². The molecule has 0 heterocycles. The molecule has 0 saturated carbocycles. The number of halogens is 2. The van der Waals surface area contributed by atoms with Gasteiger partial charge >= 0.3 is 0 Å². The number of rotatable bonds is 4. The summed E-state index contributed by atoms with van der Waals surface area (Å²) < 4.78 is 25.8. The highest BCUT2D eigenvalue weighted by Gasteiger charge is 2.14. The summed E-state index contributed by atoms with van der Waals surface area (Å²) >= 11 is 2.06. The van der Waals surface area contributed by atoms with Crippen molar-refractivity contribution in [1.29, 1.82) is 0 Å². The number of methoxy groups -OCH3 is 2. The first-order valence-electron chi connectivity index (χ1n) is 7.41. The van der Waals surface area contributed by atoms with Crippen LogP contribution in [0.3, 0.4) is 0 Å². The summed E-state index contributed by atoms with van der Waals surface area (Å²) in [5, 5.41) is 0. The maximum Gasteiger partial charge on any atom is 0.144 e. The van der Waals surface area contributed by atoms with Crippen molar-refractivity contribution in [3.8, 4) is 33.8 Å². The second-order valence-corrected chi connectivity index (χ2v) is 6.32. The first kappa shape index (κ1) is 16.8. The van der Waals surface area contributed by atoms with E-state index in [1.54, 1.807) is 14.2 Å². The van der Waals surface area contributed by atoms with Crippen LogP contribution in [0, 0.1) is 9.39 Å². The molecule has 0 atom stereocenters. The fraction of sp³-hybridized carbons (Fsp3) is 0.100. The molecule has 0 fully saturated rings. The van der Waals surface area contributed by atoms with Crippen LogP contribution in [0.15, 0.2) is 60.7 Å². The fourth-order valence-electron chi connectivity index (χ4n) is 2.54. The molecule has 0 unspecified atom stereocenters. The van der Waals surface area contributed by atoms with Gasteiger partial charge in [-0.25, -0.2) is 4.39 Å². The van der Waals surface area contributed by atoms with E-state index in [0.717, 1.165) is 28.2 Å². The van der Waals surface area contributed by atoms with E-state index in [-0.39, 0.29) is 5.82 Å². The van der Waals surface area contributed by atoms with Gasteiger partial charge in [-0.15, -0.1) is 0 Å². The molecule has 0 amide bonds. The molecule has 24 heavy (non-hydrogen) atoms. The average molecular weight is 434 g/mol. The van der Waals surface area contributed by atoms with Gasteiger partial charge in [0.1, 0.15) is 17.3 Å². The van der Waals surface area contributed by atoms with Crippen LogP contribution in [0.2, 0.25) is 0 Å². The molecule has 3 aromatic carbocycles. The van der Waals surface area contributed by atoms with Gasteiger partial charge in [0.15, 0.2) is 0 Å². The summed E-state index contributed by atoms with van der Waals surface area (Å²) in [6.45, 7) is 0. The molecule has 0 aliphatic heterocycles. The van der Waals surface area contributed by atoms with Gasteiger partial charge in [-0.1, -0.05) is 36.4 Å². The third kappa shape index (κ3) is 3.24. The lowest BCUT2D eigenvalue weighted by molar-refractivity contribution is 0.414. The summed E-state index contributed by atoms with van der Waals surface area (Å²) in [7, 11) is 3.24. The normalized spacial score (nSPS) is 10.5. The van der Waals surface area contributed by atoms with E-state index in [9.17, 15) is 4.39 Å². The summed E-state index contributed by atoms with van der Waals surface area (Å²) in [5.41, 5.74) is 3.24. The van der Waals surface area contributed by atoms with Crippen molar-refractivity contribution in [3.05, 3.63) is 70.1 Å². The highest BCUT2D eigenvalue weighted by Crippen LogP contribution is 2.34. The minimum atomic E-state index is -0.214. The van der Waals surface area contributed by atoms with Crippen LogP contribution in [0.4, 0.5) is 4.39 Å². The molecule has 4 heteroatoms. The van der Waals surface area contributed by atoms with Crippen molar-refractivity contribution < 1.29 is 13.9 Å². The largest absolute Gasteiger partial charge is 0.497 e. The SMILES string of the molecule is COc1ccc(-c2ccc(-c3ccc(OC)cc3)c(I)c2F)cc1. The van der Waals surface area contributed by atoms with Crippen LogP contribution in [0.5, 0.6) is 11.5 Å². The fourth-order valence-corrected chi connectivity index (χ4v) is 3.32. The minimum Gasteiger partial charge on any atom is -0.497 e. The smallest absolute Gasteiger partial charge is 0.144 e. The lowest BCUT2D eigenvalue weighted by Crippen LogP contribution is -1.93. The van der Waals surface area contributed by atoms with Crippen LogP contribution in [-0.4, -0.2) is 14.2 Å². The Morgan fingerprint density at radius 2 is 1.08 bits per heavy atom. The Labute approximate surface area is 154 Å². The lowest BCUT2D eigenvalue weighted by Gasteiger charge is -2.11. The zero-order valence-corrected chi connectivity index (χ0v) is 15.5. The molecule has 0 N–H and O–H groups in total. The first-order valence-corrected chi connectivity index (χ1v) is 8.48. The molecule has 3 aromatic rings. The van der Waals surface area contributed by atoms with Crippen molar-refractivity contribution in [2.24, 2.45) is 0 Å². The van der Waals surface area contributed by atoms with Crippen molar-refractivity contribution in [2.45, 2.75) is 0 Å². The maximum atomic E-state index is 14.9. The van der Waals surface area contributed by atoms with Gasteiger partial charge < -0.3 is 9.47 Å². The Hall–Kier alpha value is -2.08. The van der Waals surface area contributed by atoms with Crippen LogP contribution in [-0.2, 0) is 0 Å². The zero-order chi connectivity index (χ0) is 17.1. The molecule has 0 aliphatic carbocycles. The molecular weight excluding hydrogens is 418 g/mol. The number of hydrogen-bond donors (Lipinski definition) is 0. The zero-order valence-electron chi connectivity index (χ0n) is 13.3. The number of hydrogen-bond acceptors (Lipinski definition) is 2. The molecule has 0 aliphatic rings. The Bertz CT molecular complexity index is 770. The molecule has 2 nitrogen and oxygen atoms in total. The molecule has 0 spiro atoms. The minimum absolute atomic E-state index is 0.214. The van der Waals surface area contributed by atoms with E-state index >= 15 is 0 Å². The van der Waals surface area contributed by atoms with Gasteiger partial charge in [0.05, 0.1) is 17.8 Å². The van der Waals surface area contributed by atoms with E-state index in [1.165, 1.54) is 0 Å². The Morgan fingerprint density at radius 3 is 1.54 bits per heavy atom. The van der Waals surface area contributed by atoms with Crippen LogP contribution in [0.1, 0.15) is 0 Å². The van der Waals surface area contributed by atoms with Gasteiger partial charge in [-0.2, -0.15) is 0 Å². The first-order chi connectivity index (χ1) is 11.6. The van der Waals surface area contributed by atoms with Gasteiger partial charge in [-0.3, -0.25) is 0 Å². The Morgan fingerprint density at radius 1 is 0.667 bits per heavy atom. The second-order valence-electron chi connectivity index (χ2n) is 5.25. The van der Waals surface area contributed by atoms with E-state index in [2.05, 4.69) is 22.6 Å². The highest BCUT2D eigenvalue weighted by atomic mass is 127. The van der Waals surface area contributed by atoms with Gasteiger partial charge in [0.25, 0.3) is 0 Å². The molecule has 0 radical (unpaired) electrons. The highest BCUT2D eigenvalue weighted by molar-refractivity contribution is 14.1. The second kappa shape index (κ2) is 7.21. The van der Waals surface area contributed by atoms with Crippen LogP contribution < -0.4 is 9.47 Å². The third-order valence-corrected chi connectivity index (χ3v) is 4.94. The van der Waals surface area contributed by atoms with Gasteiger partial charge in [0, 0.05) is 5.56 Å². The quantitative estimate of drug-likeness (QED) is 0.485. The van der Waals surface area contributed by atoms with Crippen molar-refractivity contribution in [3.63, 3.8) is 0 Å². The maximum absolute atomic E-state index is 14.9.